The van der Waals surface area contributed by atoms with Crippen LogP contribution in [0.2, 0.25) is 5.02 Å². The summed E-state index contributed by atoms with van der Waals surface area (Å²) >= 11 is 6.22. The minimum atomic E-state index is 0. The van der Waals surface area contributed by atoms with Gasteiger partial charge >= 0.3 is 0 Å². The summed E-state index contributed by atoms with van der Waals surface area (Å²) in [5.74, 6) is 2.13. The van der Waals surface area contributed by atoms with Gasteiger partial charge in [0.05, 0.1) is 7.11 Å². The van der Waals surface area contributed by atoms with Gasteiger partial charge in [-0.3, -0.25) is 4.99 Å². The summed E-state index contributed by atoms with van der Waals surface area (Å²) in [5.41, 5.74) is 7.15. The smallest absolute Gasteiger partial charge is 0.191 e. The highest BCUT2D eigenvalue weighted by atomic mass is 127. The third kappa shape index (κ3) is 5.50. The fourth-order valence-corrected chi connectivity index (χ4v) is 2.91. The Morgan fingerprint density at radius 3 is 2.91 bits per heavy atom. The van der Waals surface area contributed by atoms with Crippen molar-refractivity contribution >= 4 is 41.5 Å². The highest BCUT2D eigenvalue weighted by Gasteiger charge is 2.17. The van der Waals surface area contributed by atoms with Crippen molar-refractivity contribution in [3.05, 3.63) is 28.8 Å². The van der Waals surface area contributed by atoms with Gasteiger partial charge in [-0.05, 0) is 42.9 Å². The van der Waals surface area contributed by atoms with Gasteiger partial charge in [0.2, 0.25) is 0 Å². The Morgan fingerprint density at radius 2 is 2.27 bits per heavy atom. The van der Waals surface area contributed by atoms with E-state index >= 15 is 0 Å². The molecule has 0 aromatic heterocycles. The highest BCUT2D eigenvalue weighted by molar-refractivity contribution is 14.0. The molecule has 1 aliphatic heterocycles. The number of nitrogens with zero attached hydrogens (tertiary/aromatic N) is 2. The van der Waals surface area contributed by atoms with E-state index in [4.69, 9.17) is 22.1 Å². The van der Waals surface area contributed by atoms with E-state index in [1.807, 2.05) is 18.2 Å². The molecule has 1 aliphatic rings. The van der Waals surface area contributed by atoms with Crippen molar-refractivity contribution in [1.82, 2.24) is 4.90 Å². The molecule has 0 bridgehead atoms. The molecular weight excluding hydrogens is 413 g/mol. The van der Waals surface area contributed by atoms with Crippen molar-refractivity contribution in [3.63, 3.8) is 0 Å². The summed E-state index contributed by atoms with van der Waals surface area (Å²) in [6.45, 7) is 4.95. The molecule has 2 rings (SSSR count). The molecule has 1 fully saturated rings. The Kier molecular flexibility index (Phi) is 8.31. The van der Waals surface area contributed by atoms with Gasteiger partial charge in [-0.2, -0.15) is 0 Å². The van der Waals surface area contributed by atoms with Crippen molar-refractivity contribution in [3.8, 4) is 5.75 Å². The second-order valence-corrected chi connectivity index (χ2v) is 6.05. The molecule has 1 unspecified atom stereocenters. The van der Waals surface area contributed by atoms with E-state index in [-0.39, 0.29) is 24.0 Å². The number of nitrogens with two attached hydrogens (primary N) is 1. The van der Waals surface area contributed by atoms with Gasteiger partial charge in [0.25, 0.3) is 0 Å². The summed E-state index contributed by atoms with van der Waals surface area (Å²) in [5, 5.41) is 0.717. The van der Waals surface area contributed by atoms with E-state index in [0.717, 1.165) is 35.8 Å². The van der Waals surface area contributed by atoms with Crippen molar-refractivity contribution < 1.29 is 4.74 Å². The molecule has 1 aromatic rings. The number of hydrogen-bond donors (Lipinski definition) is 1. The quantitative estimate of drug-likeness (QED) is 0.445. The average Bonchev–Trinajstić information content (AvgIpc) is 2.48. The maximum atomic E-state index is 6.22. The third-order valence-electron chi connectivity index (χ3n) is 3.90. The normalized spacial score (nSPS) is 18.8. The van der Waals surface area contributed by atoms with Crippen molar-refractivity contribution in [2.24, 2.45) is 16.6 Å². The van der Waals surface area contributed by atoms with Crippen LogP contribution in [0, 0.1) is 5.92 Å². The molecule has 6 heteroatoms. The zero-order chi connectivity index (χ0) is 15.2. The van der Waals surface area contributed by atoms with Crippen LogP contribution in [0.15, 0.2) is 23.2 Å². The molecule has 1 heterocycles. The minimum Gasteiger partial charge on any atom is -0.497 e. The molecule has 0 aliphatic carbocycles. The summed E-state index contributed by atoms with van der Waals surface area (Å²) in [6.07, 6.45) is 3.26. The summed E-state index contributed by atoms with van der Waals surface area (Å²) in [7, 11) is 1.63. The number of hydrogen-bond acceptors (Lipinski definition) is 2. The second kappa shape index (κ2) is 9.45. The van der Waals surface area contributed by atoms with Gasteiger partial charge < -0.3 is 15.4 Å². The summed E-state index contributed by atoms with van der Waals surface area (Å²) < 4.78 is 5.14. The van der Waals surface area contributed by atoms with Crippen LogP contribution in [0.5, 0.6) is 5.75 Å². The van der Waals surface area contributed by atoms with Crippen molar-refractivity contribution in [2.75, 3.05) is 26.7 Å². The first kappa shape index (κ1) is 19.4. The Balaban J connectivity index is 0.00000242. The van der Waals surface area contributed by atoms with E-state index in [0.29, 0.717) is 18.4 Å². The number of guanidine groups is 1. The standard InChI is InChI=1S/C16H24ClN3O.HI/c1-12-4-3-9-20(11-12)16(18)19-8-7-13-5-6-14(21-2)10-15(13)17;/h5-6,10,12H,3-4,7-9,11H2,1-2H3,(H2,18,19);1H. The number of piperidine rings is 1. The fraction of sp³-hybridized carbons (Fsp3) is 0.562. The van der Waals surface area contributed by atoms with E-state index in [9.17, 15) is 0 Å². The first-order valence-electron chi connectivity index (χ1n) is 7.47. The molecule has 0 spiro atoms. The fourth-order valence-electron chi connectivity index (χ4n) is 2.65. The van der Waals surface area contributed by atoms with Crippen LogP contribution in [-0.4, -0.2) is 37.6 Å². The lowest BCUT2D eigenvalue weighted by Gasteiger charge is -2.31. The van der Waals surface area contributed by atoms with Crippen LogP contribution < -0.4 is 10.5 Å². The number of methoxy groups -OCH3 is 1. The van der Waals surface area contributed by atoms with E-state index in [1.165, 1.54) is 12.8 Å². The molecular formula is C16H25ClIN3O. The van der Waals surface area contributed by atoms with E-state index in [1.54, 1.807) is 7.11 Å². The highest BCUT2D eigenvalue weighted by Crippen LogP contribution is 2.22. The largest absolute Gasteiger partial charge is 0.497 e. The maximum Gasteiger partial charge on any atom is 0.191 e. The molecule has 0 radical (unpaired) electrons. The van der Waals surface area contributed by atoms with Crippen LogP contribution in [-0.2, 0) is 6.42 Å². The van der Waals surface area contributed by atoms with Gasteiger partial charge in [-0.1, -0.05) is 24.6 Å². The van der Waals surface area contributed by atoms with Crippen LogP contribution in [0.1, 0.15) is 25.3 Å². The molecule has 22 heavy (non-hydrogen) atoms. The zero-order valence-electron chi connectivity index (χ0n) is 13.2. The molecule has 4 nitrogen and oxygen atoms in total. The minimum absolute atomic E-state index is 0. The predicted octanol–water partition coefficient (Wildman–Crippen LogP) is 3.56. The van der Waals surface area contributed by atoms with Crippen LogP contribution in [0.25, 0.3) is 0 Å². The Bertz CT molecular complexity index is 510. The van der Waals surface area contributed by atoms with Gasteiger partial charge in [0.1, 0.15) is 5.75 Å². The van der Waals surface area contributed by atoms with E-state index < -0.39 is 0 Å². The monoisotopic (exact) mass is 437 g/mol. The molecule has 1 aromatic carbocycles. The zero-order valence-corrected chi connectivity index (χ0v) is 16.3. The molecule has 0 saturated carbocycles. The maximum absolute atomic E-state index is 6.22. The number of rotatable bonds is 4. The van der Waals surface area contributed by atoms with Crippen molar-refractivity contribution in [2.45, 2.75) is 26.2 Å². The summed E-state index contributed by atoms with van der Waals surface area (Å²) in [4.78, 5) is 6.68. The third-order valence-corrected chi connectivity index (χ3v) is 4.25. The molecule has 2 N–H and O–H groups in total. The van der Waals surface area contributed by atoms with Gasteiger partial charge in [0.15, 0.2) is 5.96 Å². The Hall–Kier alpha value is -0.690. The number of ether oxygens (including phenoxy) is 1. The number of aliphatic imine (C=N–C) groups is 1. The predicted molar refractivity (Wildman–Crippen MR) is 104 cm³/mol. The Labute approximate surface area is 155 Å². The van der Waals surface area contributed by atoms with Gasteiger partial charge in [0, 0.05) is 24.7 Å². The molecule has 0 amide bonds. The van der Waals surface area contributed by atoms with Crippen molar-refractivity contribution in [1.29, 1.82) is 0 Å². The lowest BCUT2D eigenvalue weighted by Crippen LogP contribution is -2.43. The number of benzene rings is 1. The van der Waals surface area contributed by atoms with Gasteiger partial charge in [-0.25, -0.2) is 0 Å². The SMILES string of the molecule is COc1ccc(CCN=C(N)N2CCCC(C)C2)c(Cl)c1.I. The average molecular weight is 438 g/mol. The van der Waals surface area contributed by atoms with Gasteiger partial charge in [-0.15, -0.1) is 24.0 Å². The molecule has 124 valence electrons. The first-order chi connectivity index (χ1) is 10.1. The van der Waals surface area contributed by atoms with Crippen LogP contribution in [0.3, 0.4) is 0 Å². The Morgan fingerprint density at radius 1 is 1.50 bits per heavy atom. The lowest BCUT2D eigenvalue weighted by molar-refractivity contribution is 0.270. The molecule has 1 atom stereocenters. The van der Waals surface area contributed by atoms with Crippen LogP contribution >= 0.6 is 35.6 Å². The number of halogens is 2. The second-order valence-electron chi connectivity index (χ2n) is 5.64. The number of likely N-dealkylation sites (tertiary alicyclic amines) is 1. The topological polar surface area (TPSA) is 50.9 Å². The van der Waals surface area contributed by atoms with Crippen LogP contribution in [0.4, 0.5) is 0 Å². The molecule has 1 saturated heterocycles. The first-order valence-corrected chi connectivity index (χ1v) is 7.85. The lowest BCUT2D eigenvalue weighted by atomic mass is 10.0. The van der Waals surface area contributed by atoms with E-state index in [2.05, 4.69) is 16.8 Å². The summed E-state index contributed by atoms with van der Waals surface area (Å²) in [6, 6.07) is 5.73.